The predicted molar refractivity (Wildman–Crippen MR) is 64.7 cm³/mol. The van der Waals surface area contributed by atoms with Gasteiger partial charge in [0.05, 0.1) is 24.7 Å². The quantitative estimate of drug-likeness (QED) is 0.741. The van der Waals surface area contributed by atoms with Crippen molar-refractivity contribution in [2.45, 2.75) is 45.8 Å². The van der Waals surface area contributed by atoms with E-state index in [1.165, 1.54) is 0 Å². The molecular weight excluding hydrogens is 218 g/mol. The smallest absolute Gasteiger partial charge is 0.310 e. The molecule has 0 radical (unpaired) electrons. The molecule has 2 rings (SSSR count). The zero-order valence-electron chi connectivity index (χ0n) is 11.0. The Morgan fingerprint density at radius 3 is 2.65 bits per heavy atom. The monoisotopic (exact) mass is 241 g/mol. The van der Waals surface area contributed by atoms with Crippen LogP contribution in [0.25, 0.3) is 0 Å². The van der Waals surface area contributed by atoms with Crippen molar-refractivity contribution in [2.24, 2.45) is 11.3 Å². The van der Waals surface area contributed by atoms with Gasteiger partial charge in [-0.2, -0.15) is 0 Å². The summed E-state index contributed by atoms with van der Waals surface area (Å²) in [6.07, 6.45) is 2.37. The summed E-state index contributed by atoms with van der Waals surface area (Å²) in [5.74, 6) is -0.0462. The average Bonchev–Trinajstić information content (AvgIpc) is 2.59. The van der Waals surface area contributed by atoms with Gasteiger partial charge in [-0.05, 0) is 33.6 Å². The standard InChI is InChI=1S/C13H23NO3/c1-4-16-12(15)11-7-14-8-13(11)5-9(2)17-10(3)6-13/h9-11,14H,4-8H2,1-3H3. The molecule has 98 valence electrons. The SMILES string of the molecule is CCOC(=O)C1CNCC12CC(C)OC(C)C2. The van der Waals surface area contributed by atoms with E-state index < -0.39 is 0 Å². The van der Waals surface area contributed by atoms with Gasteiger partial charge in [-0.25, -0.2) is 0 Å². The summed E-state index contributed by atoms with van der Waals surface area (Å²) in [4.78, 5) is 12.0. The second-order valence-electron chi connectivity index (χ2n) is 5.46. The van der Waals surface area contributed by atoms with E-state index in [1.54, 1.807) is 0 Å². The maximum absolute atomic E-state index is 12.0. The summed E-state index contributed by atoms with van der Waals surface area (Å²) < 4.78 is 11.0. The number of nitrogens with one attached hydrogen (secondary N) is 1. The molecule has 0 amide bonds. The molecule has 3 atom stereocenters. The van der Waals surface area contributed by atoms with Crippen LogP contribution in [0.1, 0.15) is 33.6 Å². The first-order valence-corrected chi connectivity index (χ1v) is 6.60. The van der Waals surface area contributed by atoms with Gasteiger partial charge in [0.1, 0.15) is 0 Å². The zero-order chi connectivity index (χ0) is 12.5. The Morgan fingerprint density at radius 2 is 2.06 bits per heavy atom. The van der Waals surface area contributed by atoms with Gasteiger partial charge in [-0.1, -0.05) is 0 Å². The fourth-order valence-electron chi connectivity index (χ4n) is 3.53. The Balaban J connectivity index is 2.13. The molecule has 2 heterocycles. The third-order valence-corrected chi connectivity index (χ3v) is 3.99. The molecule has 2 aliphatic heterocycles. The van der Waals surface area contributed by atoms with Crippen molar-refractivity contribution in [3.05, 3.63) is 0 Å². The van der Waals surface area contributed by atoms with Gasteiger partial charge < -0.3 is 14.8 Å². The molecule has 3 unspecified atom stereocenters. The molecule has 2 aliphatic rings. The van der Waals surface area contributed by atoms with Crippen LogP contribution in [0.3, 0.4) is 0 Å². The van der Waals surface area contributed by atoms with Crippen LogP contribution in [-0.4, -0.2) is 37.9 Å². The van der Waals surface area contributed by atoms with Crippen molar-refractivity contribution in [3.8, 4) is 0 Å². The topological polar surface area (TPSA) is 47.6 Å². The van der Waals surface area contributed by atoms with Gasteiger partial charge in [0.2, 0.25) is 0 Å². The molecule has 0 aromatic heterocycles. The van der Waals surface area contributed by atoms with Gasteiger partial charge in [-0.15, -0.1) is 0 Å². The highest BCUT2D eigenvalue weighted by Gasteiger charge is 2.51. The number of rotatable bonds is 2. The third kappa shape index (κ3) is 2.47. The second kappa shape index (κ2) is 4.94. The number of hydrogen-bond acceptors (Lipinski definition) is 4. The van der Waals surface area contributed by atoms with Gasteiger partial charge in [0.15, 0.2) is 0 Å². The second-order valence-corrected chi connectivity index (χ2v) is 5.46. The van der Waals surface area contributed by atoms with E-state index in [-0.39, 0.29) is 29.5 Å². The molecule has 2 saturated heterocycles. The summed E-state index contributed by atoms with van der Waals surface area (Å²) >= 11 is 0. The molecule has 0 bridgehead atoms. The molecule has 0 aliphatic carbocycles. The van der Waals surface area contributed by atoms with Crippen LogP contribution in [-0.2, 0) is 14.3 Å². The van der Waals surface area contributed by atoms with Crippen LogP contribution in [0.2, 0.25) is 0 Å². The minimum atomic E-state index is -0.0428. The van der Waals surface area contributed by atoms with Crippen molar-refractivity contribution in [3.63, 3.8) is 0 Å². The summed E-state index contributed by atoms with van der Waals surface area (Å²) in [7, 11) is 0. The van der Waals surface area contributed by atoms with Crippen molar-refractivity contribution in [2.75, 3.05) is 19.7 Å². The van der Waals surface area contributed by atoms with E-state index in [0.717, 1.165) is 25.9 Å². The van der Waals surface area contributed by atoms with E-state index in [0.29, 0.717) is 6.61 Å². The minimum Gasteiger partial charge on any atom is -0.466 e. The van der Waals surface area contributed by atoms with E-state index in [9.17, 15) is 4.79 Å². The van der Waals surface area contributed by atoms with Gasteiger partial charge in [-0.3, -0.25) is 4.79 Å². The minimum absolute atomic E-state index is 0.00347. The van der Waals surface area contributed by atoms with Crippen LogP contribution >= 0.6 is 0 Å². The zero-order valence-corrected chi connectivity index (χ0v) is 11.0. The average molecular weight is 241 g/mol. The highest BCUT2D eigenvalue weighted by atomic mass is 16.5. The van der Waals surface area contributed by atoms with Crippen LogP contribution in [0.15, 0.2) is 0 Å². The Hall–Kier alpha value is -0.610. The van der Waals surface area contributed by atoms with Crippen LogP contribution in [0.5, 0.6) is 0 Å². The lowest BCUT2D eigenvalue weighted by Crippen LogP contribution is -2.45. The number of ether oxygens (including phenoxy) is 2. The molecular formula is C13H23NO3. The summed E-state index contributed by atoms with van der Waals surface area (Å²) in [6.45, 7) is 8.18. The normalized spacial score (nSPS) is 41.7. The Bertz CT molecular complexity index is 282. The molecule has 0 aromatic carbocycles. The molecule has 0 saturated carbocycles. The molecule has 17 heavy (non-hydrogen) atoms. The van der Waals surface area contributed by atoms with Gasteiger partial charge >= 0.3 is 5.97 Å². The highest BCUT2D eigenvalue weighted by molar-refractivity contribution is 5.74. The summed E-state index contributed by atoms with van der Waals surface area (Å²) in [6, 6.07) is 0. The van der Waals surface area contributed by atoms with E-state index >= 15 is 0 Å². The number of hydrogen-bond donors (Lipinski definition) is 1. The Morgan fingerprint density at radius 1 is 1.41 bits per heavy atom. The van der Waals surface area contributed by atoms with Crippen molar-refractivity contribution >= 4 is 5.97 Å². The molecule has 0 aromatic rings. The summed E-state index contributed by atoms with van der Waals surface area (Å²) in [5, 5.41) is 3.36. The van der Waals surface area contributed by atoms with Crippen molar-refractivity contribution in [1.29, 1.82) is 0 Å². The first kappa shape index (κ1) is 12.8. The Kier molecular flexibility index (Phi) is 3.73. The molecule has 4 heteroatoms. The van der Waals surface area contributed by atoms with Crippen LogP contribution in [0.4, 0.5) is 0 Å². The molecule has 1 spiro atoms. The number of esters is 1. The van der Waals surface area contributed by atoms with Gasteiger partial charge in [0.25, 0.3) is 0 Å². The summed E-state index contributed by atoms with van der Waals surface area (Å²) in [5.41, 5.74) is 0.0450. The van der Waals surface area contributed by atoms with E-state index in [1.807, 2.05) is 6.92 Å². The maximum atomic E-state index is 12.0. The first-order valence-electron chi connectivity index (χ1n) is 6.60. The lowest BCUT2D eigenvalue weighted by molar-refractivity contribution is -0.157. The fraction of sp³-hybridized carbons (Fsp3) is 0.923. The number of carbonyl (C=O) groups excluding carboxylic acids is 1. The Labute approximate surface area is 103 Å². The maximum Gasteiger partial charge on any atom is 0.310 e. The highest BCUT2D eigenvalue weighted by Crippen LogP contribution is 2.45. The van der Waals surface area contributed by atoms with Gasteiger partial charge in [0, 0.05) is 18.5 Å². The molecule has 2 fully saturated rings. The lowest BCUT2D eigenvalue weighted by atomic mass is 9.69. The molecule has 1 N–H and O–H groups in total. The fourth-order valence-corrected chi connectivity index (χ4v) is 3.53. The lowest BCUT2D eigenvalue weighted by Gasteiger charge is -2.42. The largest absolute Gasteiger partial charge is 0.466 e. The van der Waals surface area contributed by atoms with Crippen LogP contribution < -0.4 is 5.32 Å². The third-order valence-electron chi connectivity index (χ3n) is 3.99. The van der Waals surface area contributed by atoms with Crippen LogP contribution in [0, 0.1) is 11.3 Å². The van der Waals surface area contributed by atoms with Crippen molar-refractivity contribution < 1.29 is 14.3 Å². The van der Waals surface area contributed by atoms with E-state index in [4.69, 9.17) is 9.47 Å². The van der Waals surface area contributed by atoms with E-state index in [2.05, 4.69) is 19.2 Å². The molecule has 4 nitrogen and oxygen atoms in total. The predicted octanol–water partition coefficient (Wildman–Crippen LogP) is 1.34. The first-order chi connectivity index (χ1) is 8.07. The van der Waals surface area contributed by atoms with Crippen molar-refractivity contribution in [1.82, 2.24) is 5.32 Å². The number of carbonyl (C=O) groups is 1.